The highest BCUT2D eigenvalue weighted by molar-refractivity contribution is 5.90. The zero-order valence-corrected chi connectivity index (χ0v) is 18.0. The lowest BCUT2D eigenvalue weighted by atomic mass is 10.3. The van der Waals surface area contributed by atoms with E-state index in [2.05, 4.69) is 51.6 Å². The van der Waals surface area contributed by atoms with Gasteiger partial charge in [-0.3, -0.25) is 9.59 Å². The molecule has 2 amide bonds. The van der Waals surface area contributed by atoms with Gasteiger partial charge in [0.1, 0.15) is 0 Å². The molecule has 0 aromatic heterocycles. The maximum atomic E-state index is 9.82. The van der Waals surface area contributed by atoms with E-state index in [1.54, 1.807) is 6.92 Å². The zero-order chi connectivity index (χ0) is 25.8. The molecule has 0 aliphatic heterocycles. The monoisotopic (exact) mass is 432 g/mol. The van der Waals surface area contributed by atoms with E-state index >= 15 is 0 Å². The molecule has 0 fully saturated rings. The first-order valence-corrected chi connectivity index (χ1v) is 8.17. The molecule has 0 spiro atoms. The van der Waals surface area contributed by atoms with Crippen molar-refractivity contribution in [2.75, 3.05) is 0 Å². The summed E-state index contributed by atoms with van der Waals surface area (Å²) in [5.74, 6) is -2.83. The molecule has 8 heteroatoms. The smallest absolute Gasteiger partial charge is 0.330 e. The van der Waals surface area contributed by atoms with Crippen LogP contribution in [0.4, 0.5) is 0 Å². The topological polar surface area (TPSA) is 161 Å². The average molecular weight is 433 g/mol. The Hall–Kier alpha value is -4.20. The predicted molar refractivity (Wildman–Crippen MR) is 125 cm³/mol. The van der Waals surface area contributed by atoms with Crippen LogP contribution in [0.1, 0.15) is 13.8 Å². The molecule has 8 nitrogen and oxygen atoms in total. The van der Waals surface area contributed by atoms with Crippen LogP contribution in [0, 0.1) is 13.0 Å². The SMILES string of the molecule is C=C(C)C(=O)O.C=C(C)C(N)=O.C=CC(=O)O.C=CC(N)=O.[CH2]C=C.[c]1ccccc1. The molecule has 0 heterocycles. The number of primary amides is 2. The molecule has 0 aliphatic carbocycles. The Morgan fingerprint density at radius 3 is 1.13 bits per heavy atom. The molecule has 0 saturated carbocycles. The predicted octanol–water partition coefficient (Wildman–Crippen LogP) is 3.10. The van der Waals surface area contributed by atoms with Crippen LogP contribution in [-0.2, 0) is 19.2 Å². The van der Waals surface area contributed by atoms with Crippen molar-refractivity contribution in [1.29, 1.82) is 0 Å². The summed E-state index contributed by atoms with van der Waals surface area (Å²) < 4.78 is 0. The lowest BCUT2D eigenvalue weighted by Gasteiger charge is -1.81. The third-order valence-corrected chi connectivity index (χ3v) is 1.77. The Balaban J connectivity index is -0.0000000883. The molecule has 0 saturated heterocycles. The molecule has 0 aliphatic rings. The highest BCUT2D eigenvalue weighted by atomic mass is 16.4. The minimum absolute atomic E-state index is 0.176. The Morgan fingerprint density at radius 2 is 1.10 bits per heavy atom. The maximum absolute atomic E-state index is 9.82. The summed E-state index contributed by atoms with van der Waals surface area (Å²) in [6, 6.07) is 12.5. The van der Waals surface area contributed by atoms with Gasteiger partial charge in [0.05, 0.1) is 0 Å². The molecule has 1 aromatic carbocycles. The number of rotatable bonds is 4. The fourth-order valence-electron chi connectivity index (χ4n) is 0.342. The van der Waals surface area contributed by atoms with Crippen LogP contribution < -0.4 is 11.5 Å². The van der Waals surface area contributed by atoms with Crippen molar-refractivity contribution in [1.82, 2.24) is 0 Å². The van der Waals surface area contributed by atoms with Gasteiger partial charge in [0.15, 0.2) is 0 Å². The Morgan fingerprint density at radius 1 is 0.839 bits per heavy atom. The van der Waals surface area contributed by atoms with Crippen molar-refractivity contribution in [3.8, 4) is 0 Å². The average Bonchev–Trinajstić information content (AvgIpc) is 2.71. The number of carboxylic acids is 2. The van der Waals surface area contributed by atoms with Gasteiger partial charge in [0.25, 0.3) is 0 Å². The first-order valence-electron chi connectivity index (χ1n) is 8.17. The van der Waals surface area contributed by atoms with E-state index in [4.69, 9.17) is 15.9 Å². The van der Waals surface area contributed by atoms with Crippen LogP contribution in [0.5, 0.6) is 0 Å². The summed E-state index contributed by atoms with van der Waals surface area (Å²) in [5, 5.41) is 15.5. The molecule has 2 radical (unpaired) electrons. The number of amides is 2. The number of benzene rings is 1. The van der Waals surface area contributed by atoms with Crippen LogP contribution in [0.15, 0.2) is 92.6 Å². The lowest BCUT2D eigenvalue weighted by molar-refractivity contribution is -0.133. The molecular formula is C23H32N2O6. The highest BCUT2D eigenvalue weighted by Crippen LogP contribution is 1.81. The number of aliphatic carboxylic acids is 2. The van der Waals surface area contributed by atoms with E-state index in [1.165, 1.54) is 13.0 Å². The highest BCUT2D eigenvalue weighted by Gasteiger charge is 1.90. The summed E-state index contributed by atoms with van der Waals surface area (Å²) in [5.41, 5.74) is 9.81. The summed E-state index contributed by atoms with van der Waals surface area (Å²) in [6.45, 7) is 22.0. The molecular weight excluding hydrogens is 400 g/mol. The van der Waals surface area contributed by atoms with Crippen LogP contribution in [0.3, 0.4) is 0 Å². The molecule has 31 heavy (non-hydrogen) atoms. The second-order valence-corrected chi connectivity index (χ2v) is 4.74. The van der Waals surface area contributed by atoms with E-state index in [1.807, 2.05) is 30.3 Å². The quantitative estimate of drug-likeness (QED) is 0.535. The number of carboxylic acid groups (broad SMARTS) is 2. The summed E-state index contributed by atoms with van der Waals surface area (Å²) >= 11 is 0. The summed E-state index contributed by atoms with van der Waals surface area (Å²) in [7, 11) is 0. The second kappa shape index (κ2) is 30.5. The Kier molecular flexibility index (Phi) is 37.0. The van der Waals surface area contributed by atoms with Crippen molar-refractivity contribution in [3.63, 3.8) is 0 Å². The number of allylic oxidation sites excluding steroid dienone is 1. The lowest BCUT2D eigenvalue weighted by Crippen LogP contribution is -2.10. The van der Waals surface area contributed by atoms with Gasteiger partial charge >= 0.3 is 11.9 Å². The van der Waals surface area contributed by atoms with Gasteiger partial charge in [0, 0.05) is 17.2 Å². The third kappa shape index (κ3) is 76.7. The summed E-state index contributed by atoms with van der Waals surface area (Å²) in [6.07, 6.45) is 3.39. The van der Waals surface area contributed by atoms with Crippen molar-refractivity contribution in [2.45, 2.75) is 13.8 Å². The molecule has 6 N–H and O–H groups in total. The van der Waals surface area contributed by atoms with Gasteiger partial charge in [-0.05, 0) is 32.9 Å². The summed E-state index contributed by atoms with van der Waals surface area (Å²) in [4.78, 5) is 38.1. The van der Waals surface area contributed by atoms with E-state index in [-0.39, 0.29) is 5.57 Å². The van der Waals surface area contributed by atoms with E-state index < -0.39 is 23.8 Å². The number of hydrogen-bond donors (Lipinski definition) is 4. The van der Waals surface area contributed by atoms with Crippen LogP contribution in [0.2, 0.25) is 0 Å². The molecule has 170 valence electrons. The maximum Gasteiger partial charge on any atom is 0.330 e. The number of carbonyl (C=O) groups is 4. The normalized spacial score (nSPS) is 6.94. The van der Waals surface area contributed by atoms with E-state index in [9.17, 15) is 19.2 Å². The van der Waals surface area contributed by atoms with Crippen molar-refractivity contribution in [2.24, 2.45) is 11.5 Å². The molecule has 1 aromatic rings. The van der Waals surface area contributed by atoms with Crippen molar-refractivity contribution < 1.29 is 29.4 Å². The number of carbonyl (C=O) groups excluding carboxylic acids is 2. The molecule has 0 unspecified atom stereocenters. The first-order chi connectivity index (χ1) is 14.2. The van der Waals surface area contributed by atoms with Crippen LogP contribution in [-0.4, -0.2) is 34.0 Å². The van der Waals surface area contributed by atoms with Crippen molar-refractivity contribution in [3.05, 3.63) is 106 Å². The van der Waals surface area contributed by atoms with Gasteiger partial charge in [-0.1, -0.05) is 62.7 Å². The van der Waals surface area contributed by atoms with Gasteiger partial charge < -0.3 is 21.7 Å². The fraction of sp³-hybridized carbons (Fsp3) is 0.0870. The van der Waals surface area contributed by atoms with Gasteiger partial charge in [-0.2, -0.15) is 0 Å². The standard InChI is InChI=1S/C6H5.C4H7NO.C4H6O2.C3H5NO.C3H4O2.C3H5/c1-2-4-6-5-3-1;2*1-3(2)4(5)6;2*1-2-3(4)5;1-3-2/h1-5H;1H2,2H3,(H2,5,6);1H2,2H3,(H,5,6);2H,1H2,(H2,4,5);2H,1H2,(H,4,5);3H,1-2H2. The Bertz CT molecular complexity index is 603. The minimum atomic E-state index is -0.981. The van der Waals surface area contributed by atoms with Crippen LogP contribution in [0.25, 0.3) is 0 Å². The van der Waals surface area contributed by atoms with Gasteiger partial charge in [-0.25, -0.2) is 9.59 Å². The zero-order valence-electron chi connectivity index (χ0n) is 18.0. The number of nitrogens with two attached hydrogens (primary N) is 2. The number of hydrogen-bond acceptors (Lipinski definition) is 4. The molecule has 0 bridgehead atoms. The second-order valence-electron chi connectivity index (χ2n) is 4.74. The minimum Gasteiger partial charge on any atom is -0.478 e. The van der Waals surface area contributed by atoms with E-state index in [0.717, 1.165) is 12.2 Å². The first kappa shape index (κ1) is 37.5. The largest absolute Gasteiger partial charge is 0.478 e. The fourth-order valence-corrected chi connectivity index (χ4v) is 0.342. The molecule has 1 rings (SSSR count). The van der Waals surface area contributed by atoms with Crippen molar-refractivity contribution >= 4 is 23.8 Å². The van der Waals surface area contributed by atoms with Gasteiger partial charge in [0.2, 0.25) is 11.8 Å². The van der Waals surface area contributed by atoms with Gasteiger partial charge in [-0.15, -0.1) is 6.58 Å². The third-order valence-electron chi connectivity index (χ3n) is 1.77. The van der Waals surface area contributed by atoms with E-state index in [0.29, 0.717) is 5.57 Å². The Labute approximate surface area is 184 Å². The molecule has 0 atom stereocenters. The van der Waals surface area contributed by atoms with Crippen LogP contribution >= 0.6 is 0 Å².